The first-order valence-electron chi connectivity index (χ1n) is 13.8. The maximum atomic E-state index is 12.6. The summed E-state index contributed by atoms with van der Waals surface area (Å²) in [4.78, 5) is 17.4. The highest BCUT2D eigenvalue weighted by atomic mass is 35.5. The third-order valence-electron chi connectivity index (χ3n) is 7.78. The third-order valence-corrected chi connectivity index (χ3v) is 8.03. The van der Waals surface area contributed by atoms with Gasteiger partial charge in [-0.25, -0.2) is 4.79 Å². The van der Waals surface area contributed by atoms with Gasteiger partial charge in [0.1, 0.15) is 17.1 Å². The summed E-state index contributed by atoms with van der Waals surface area (Å²) in [5.41, 5.74) is 6.20. The molecular formula is C34H32ClN3O3. The predicted octanol–water partition coefficient (Wildman–Crippen LogP) is 7.40. The van der Waals surface area contributed by atoms with E-state index in [0.717, 1.165) is 54.3 Å². The number of fused-ring (bicyclic) bond motifs is 1. The number of carbonyl (C=O) groups is 1. The molecule has 4 aromatic carbocycles. The average molecular weight is 566 g/mol. The molecule has 1 fully saturated rings. The lowest BCUT2D eigenvalue weighted by molar-refractivity contribution is 0.0598. The molecule has 1 aromatic heterocycles. The second kappa shape index (κ2) is 11.7. The van der Waals surface area contributed by atoms with Crippen LogP contribution in [0.3, 0.4) is 0 Å². The summed E-state index contributed by atoms with van der Waals surface area (Å²) < 4.78 is 13.5. The number of halogens is 1. The fraction of sp³-hybridized carbons (Fsp3) is 0.206. The van der Waals surface area contributed by atoms with E-state index in [1.165, 1.54) is 23.8 Å². The van der Waals surface area contributed by atoms with Crippen LogP contribution < -0.4 is 9.64 Å². The fourth-order valence-corrected chi connectivity index (χ4v) is 5.65. The number of carbonyl (C=O) groups excluding carboxylic acids is 1. The molecule has 1 saturated heterocycles. The van der Waals surface area contributed by atoms with Gasteiger partial charge in [-0.2, -0.15) is 0 Å². The number of hydrogen-bond donors (Lipinski definition) is 0. The molecule has 0 unspecified atom stereocenters. The highest BCUT2D eigenvalue weighted by Gasteiger charge is 2.22. The van der Waals surface area contributed by atoms with Gasteiger partial charge in [-0.15, -0.1) is 0 Å². The van der Waals surface area contributed by atoms with Crippen LogP contribution >= 0.6 is 11.6 Å². The molecule has 1 aliphatic heterocycles. The van der Waals surface area contributed by atoms with E-state index in [2.05, 4.69) is 46.2 Å². The van der Waals surface area contributed by atoms with Gasteiger partial charge >= 0.3 is 5.97 Å². The van der Waals surface area contributed by atoms with Gasteiger partial charge in [-0.1, -0.05) is 54.1 Å². The van der Waals surface area contributed by atoms with Crippen LogP contribution in [0.2, 0.25) is 5.02 Å². The van der Waals surface area contributed by atoms with Crippen molar-refractivity contribution in [2.24, 2.45) is 7.05 Å². The van der Waals surface area contributed by atoms with E-state index in [9.17, 15) is 4.79 Å². The van der Waals surface area contributed by atoms with Gasteiger partial charge in [0.05, 0.1) is 12.6 Å². The summed E-state index contributed by atoms with van der Waals surface area (Å²) in [6.45, 7) is 4.46. The number of rotatable bonds is 7. The Labute approximate surface area is 245 Å². The predicted molar refractivity (Wildman–Crippen MR) is 165 cm³/mol. The molecule has 0 bridgehead atoms. The second-order valence-corrected chi connectivity index (χ2v) is 10.8. The summed E-state index contributed by atoms with van der Waals surface area (Å²) in [6.07, 6.45) is 2.00. The quantitative estimate of drug-likeness (QED) is 0.192. The van der Waals surface area contributed by atoms with Gasteiger partial charge in [0.15, 0.2) is 0 Å². The number of piperazine rings is 1. The van der Waals surface area contributed by atoms with Gasteiger partial charge in [0.2, 0.25) is 0 Å². The van der Waals surface area contributed by atoms with E-state index >= 15 is 0 Å². The highest BCUT2D eigenvalue weighted by Crippen LogP contribution is 2.35. The van der Waals surface area contributed by atoms with Crippen LogP contribution in [0, 0.1) is 0 Å². The van der Waals surface area contributed by atoms with E-state index in [1.807, 2.05) is 66.3 Å². The van der Waals surface area contributed by atoms with Crippen LogP contribution in [0.4, 0.5) is 5.69 Å². The summed E-state index contributed by atoms with van der Waals surface area (Å²) in [5, 5.41) is 1.73. The van der Waals surface area contributed by atoms with Crippen molar-refractivity contribution < 1.29 is 14.3 Å². The maximum Gasteiger partial charge on any atom is 0.341 e. The smallest absolute Gasteiger partial charge is 0.341 e. The molecule has 0 radical (unpaired) electrons. The van der Waals surface area contributed by atoms with Crippen LogP contribution in [0.5, 0.6) is 11.5 Å². The van der Waals surface area contributed by atoms with E-state index in [4.69, 9.17) is 21.1 Å². The van der Waals surface area contributed by atoms with Crippen molar-refractivity contribution in [1.82, 2.24) is 9.47 Å². The minimum absolute atomic E-state index is 0.404. The molecule has 0 atom stereocenters. The number of hydrogen-bond acceptors (Lipinski definition) is 5. The normalized spacial score (nSPS) is 13.9. The van der Waals surface area contributed by atoms with Gasteiger partial charge in [0, 0.05) is 68.1 Å². The van der Waals surface area contributed by atoms with E-state index in [1.54, 1.807) is 6.07 Å². The Hall–Kier alpha value is -4.26. The summed E-state index contributed by atoms with van der Waals surface area (Å²) in [7, 11) is 3.39. The van der Waals surface area contributed by atoms with Gasteiger partial charge in [0.25, 0.3) is 0 Å². The van der Waals surface area contributed by atoms with E-state index < -0.39 is 5.97 Å². The summed E-state index contributed by atoms with van der Waals surface area (Å²) in [5.74, 6) is 0.774. The molecule has 2 heterocycles. The van der Waals surface area contributed by atoms with Crippen LogP contribution in [0.1, 0.15) is 15.9 Å². The number of benzene rings is 4. The average Bonchev–Trinajstić information content (AvgIpc) is 3.39. The van der Waals surface area contributed by atoms with Crippen LogP contribution in [-0.2, 0) is 18.3 Å². The molecule has 0 aliphatic carbocycles. The largest absolute Gasteiger partial charge is 0.465 e. The number of aryl methyl sites for hydroxylation is 1. The molecule has 0 saturated carbocycles. The lowest BCUT2D eigenvalue weighted by Gasteiger charge is -2.36. The SMILES string of the molecule is COC(=O)c1ccc(N2CCN(Cc3ccccc3-c3ccc(Cl)cc3)CC2)cc1Oc1cccc2c1ccn2C. The number of nitrogens with zero attached hydrogens (tertiary/aromatic N) is 3. The molecule has 6 rings (SSSR count). The lowest BCUT2D eigenvalue weighted by atomic mass is 9.99. The van der Waals surface area contributed by atoms with Gasteiger partial charge in [-0.3, -0.25) is 4.90 Å². The molecule has 0 spiro atoms. The zero-order valence-electron chi connectivity index (χ0n) is 23.2. The highest BCUT2D eigenvalue weighted by molar-refractivity contribution is 6.30. The van der Waals surface area contributed by atoms with Crippen molar-refractivity contribution in [3.63, 3.8) is 0 Å². The monoisotopic (exact) mass is 565 g/mol. The number of methoxy groups -OCH3 is 1. The molecule has 7 heteroatoms. The maximum absolute atomic E-state index is 12.6. The van der Waals surface area contributed by atoms with Gasteiger partial charge in [-0.05, 0) is 59.2 Å². The Morgan fingerprint density at radius 2 is 1.63 bits per heavy atom. The number of anilines is 1. The molecule has 0 amide bonds. The minimum atomic E-state index is -0.420. The van der Waals surface area contributed by atoms with Crippen molar-refractivity contribution in [1.29, 1.82) is 0 Å². The Morgan fingerprint density at radius 3 is 2.41 bits per heavy atom. The second-order valence-electron chi connectivity index (χ2n) is 10.3. The fourth-order valence-electron chi connectivity index (χ4n) is 5.53. The Morgan fingerprint density at radius 1 is 0.854 bits per heavy atom. The summed E-state index contributed by atoms with van der Waals surface area (Å²) >= 11 is 6.12. The van der Waals surface area contributed by atoms with Crippen molar-refractivity contribution in [2.75, 3.05) is 38.2 Å². The minimum Gasteiger partial charge on any atom is -0.465 e. The first-order chi connectivity index (χ1) is 20.0. The Kier molecular flexibility index (Phi) is 7.68. The number of esters is 1. The number of aromatic nitrogens is 1. The third kappa shape index (κ3) is 5.67. The van der Waals surface area contributed by atoms with Crippen molar-refractivity contribution in [3.05, 3.63) is 113 Å². The zero-order chi connectivity index (χ0) is 28.3. The molecule has 208 valence electrons. The van der Waals surface area contributed by atoms with Crippen LogP contribution in [0.15, 0.2) is 97.2 Å². The van der Waals surface area contributed by atoms with E-state index in [0.29, 0.717) is 17.1 Å². The van der Waals surface area contributed by atoms with Crippen molar-refractivity contribution >= 4 is 34.2 Å². The van der Waals surface area contributed by atoms with Crippen molar-refractivity contribution in [3.8, 4) is 22.6 Å². The van der Waals surface area contributed by atoms with E-state index in [-0.39, 0.29) is 0 Å². The lowest BCUT2D eigenvalue weighted by Crippen LogP contribution is -2.46. The first-order valence-corrected chi connectivity index (χ1v) is 14.1. The summed E-state index contributed by atoms with van der Waals surface area (Å²) in [6, 6.07) is 30.3. The van der Waals surface area contributed by atoms with Gasteiger partial charge < -0.3 is 18.9 Å². The van der Waals surface area contributed by atoms with Crippen LogP contribution in [0.25, 0.3) is 22.0 Å². The zero-order valence-corrected chi connectivity index (χ0v) is 24.0. The first kappa shape index (κ1) is 26.9. The topological polar surface area (TPSA) is 46.9 Å². The number of ether oxygens (including phenoxy) is 2. The standard InChI is InChI=1S/C34H32ClN3O3/c1-36-17-16-29-31(36)8-5-9-32(29)41-33-22-27(14-15-30(33)34(39)40-2)38-20-18-37(19-21-38)23-25-6-3-4-7-28(25)24-10-12-26(35)13-11-24/h3-17,22H,18-21,23H2,1-2H3. The Bertz CT molecular complexity index is 1690. The van der Waals surface area contributed by atoms with Crippen molar-refractivity contribution in [2.45, 2.75) is 6.54 Å². The molecule has 0 N–H and O–H groups in total. The molecular weight excluding hydrogens is 534 g/mol. The van der Waals surface area contributed by atoms with Crippen LogP contribution in [-0.4, -0.2) is 48.7 Å². The molecule has 6 nitrogen and oxygen atoms in total. The molecule has 5 aromatic rings. The Balaban J connectivity index is 1.19. The molecule has 41 heavy (non-hydrogen) atoms. The molecule has 1 aliphatic rings.